The quantitative estimate of drug-likeness (QED) is 0.748. The number of hydrogen-bond acceptors (Lipinski definition) is 4. The third kappa shape index (κ3) is 5.71. The zero-order valence-corrected chi connectivity index (χ0v) is 15.2. The molecule has 0 saturated carbocycles. The highest BCUT2D eigenvalue weighted by molar-refractivity contribution is 5.80. The van der Waals surface area contributed by atoms with Gasteiger partial charge >= 0.3 is 0 Å². The summed E-state index contributed by atoms with van der Waals surface area (Å²) in [5.74, 6) is 2.03. The minimum atomic E-state index is -0.589. The molecule has 0 aliphatic heterocycles. The Labute approximate surface area is 148 Å². The summed E-state index contributed by atoms with van der Waals surface area (Å²) in [7, 11) is 1.60. The van der Waals surface area contributed by atoms with Crippen LogP contribution in [0.2, 0.25) is 0 Å². The highest BCUT2D eigenvalue weighted by Crippen LogP contribution is 2.19. The minimum Gasteiger partial charge on any atom is -0.497 e. The van der Waals surface area contributed by atoms with Gasteiger partial charge in [0.15, 0.2) is 6.10 Å². The van der Waals surface area contributed by atoms with Crippen LogP contribution in [0.25, 0.3) is 0 Å². The van der Waals surface area contributed by atoms with Crippen molar-refractivity contribution in [2.75, 3.05) is 20.3 Å². The first-order valence-corrected chi connectivity index (χ1v) is 8.28. The largest absolute Gasteiger partial charge is 0.497 e. The molecule has 0 aliphatic carbocycles. The summed E-state index contributed by atoms with van der Waals surface area (Å²) < 4.78 is 16.4. The fourth-order valence-electron chi connectivity index (χ4n) is 2.25. The molecule has 0 aromatic heterocycles. The number of rotatable bonds is 8. The minimum absolute atomic E-state index is 0.180. The SMILES string of the molecule is COc1ccc(O[C@@H](C)C(=O)NCCOc2cc(C)ccc2C)cc1. The molecule has 0 radical (unpaired) electrons. The Morgan fingerprint density at radius 2 is 1.76 bits per heavy atom. The van der Waals surface area contributed by atoms with Gasteiger partial charge < -0.3 is 19.5 Å². The lowest BCUT2D eigenvalue weighted by Gasteiger charge is -2.15. The molecule has 0 saturated heterocycles. The maximum Gasteiger partial charge on any atom is 0.260 e. The Hall–Kier alpha value is -2.69. The zero-order chi connectivity index (χ0) is 18.2. The van der Waals surface area contributed by atoms with Gasteiger partial charge in [-0.25, -0.2) is 0 Å². The average Bonchev–Trinajstić information content (AvgIpc) is 2.61. The number of aryl methyl sites for hydroxylation is 2. The monoisotopic (exact) mass is 343 g/mol. The third-order valence-electron chi connectivity index (χ3n) is 3.74. The maximum absolute atomic E-state index is 12.1. The van der Waals surface area contributed by atoms with Crippen molar-refractivity contribution in [3.8, 4) is 17.2 Å². The van der Waals surface area contributed by atoms with Crippen LogP contribution in [0.15, 0.2) is 42.5 Å². The van der Waals surface area contributed by atoms with Crippen molar-refractivity contribution in [3.05, 3.63) is 53.6 Å². The third-order valence-corrected chi connectivity index (χ3v) is 3.74. The summed E-state index contributed by atoms with van der Waals surface area (Å²) in [4.78, 5) is 12.1. The van der Waals surface area contributed by atoms with Crippen LogP contribution >= 0.6 is 0 Å². The van der Waals surface area contributed by atoms with Gasteiger partial charge in [0.25, 0.3) is 5.91 Å². The second kappa shape index (κ2) is 8.97. The van der Waals surface area contributed by atoms with Crippen LogP contribution in [-0.2, 0) is 4.79 Å². The number of carbonyl (C=O) groups is 1. The summed E-state index contributed by atoms with van der Waals surface area (Å²) in [6.45, 7) is 6.56. The molecule has 2 aromatic carbocycles. The van der Waals surface area contributed by atoms with E-state index in [4.69, 9.17) is 14.2 Å². The molecular formula is C20H25NO4. The van der Waals surface area contributed by atoms with Crippen molar-refractivity contribution in [3.63, 3.8) is 0 Å². The molecule has 1 amide bonds. The molecule has 1 atom stereocenters. The highest BCUT2D eigenvalue weighted by atomic mass is 16.5. The van der Waals surface area contributed by atoms with E-state index in [9.17, 15) is 4.79 Å². The molecule has 0 unspecified atom stereocenters. The molecule has 134 valence electrons. The first kappa shape index (κ1) is 18.6. The first-order valence-electron chi connectivity index (χ1n) is 8.28. The standard InChI is InChI=1S/C20H25NO4/c1-14-5-6-15(2)19(13-14)24-12-11-21-20(22)16(3)25-18-9-7-17(23-4)8-10-18/h5-10,13,16H,11-12H2,1-4H3,(H,21,22)/t16-/m0/s1. The molecule has 0 bridgehead atoms. The lowest BCUT2D eigenvalue weighted by molar-refractivity contribution is -0.127. The summed E-state index contributed by atoms with van der Waals surface area (Å²) in [5, 5.41) is 2.82. The van der Waals surface area contributed by atoms with E-state index in [0.29, 0.717) is 18.9 Å². The zero-order valence-electron chi connectivity index (χ0n) is 15.2. The van der Waals surface area contributed by atoms with E-state index in [1.807, 2.05) is 32.0 Å². The molecule has 5 heteroatoms. The number of methoxy groups -OCH3 is 1. The Kier molecular flexibility index (Phi) is 6.69. The summed E-state index contributed by atoms with van der Waals surface area (Å²) in [6.07, 6.45) is -0.589. The van der Waals surface area contributed by atoms with E-state index in [1.54, 1.807) is 38.3 Å². The smallest absolute Gasteiger partial charge is 0.260 e. The Morgan fingerprint density at radius 3 is 2.44 bits per heavy atom. The van der Waals surface area contributed by atoms with Crippen molar-refractivity contribution in [2.24, 2.45) is 0 Å². The number of benzene rings is 2. The van der Waals surface area contributed by atoms with Crippen LogP contribution in [0, 0.1) is 13.8 Å². The fourth-order valence-corrected chi connectivity index (χ4v) is 2.25. The van der Waals surface area contributed by atoms with Crippen LogP contribution in [0.1, 0.15) is 18.1 Å². The highest BCUT2D eigenvalue weighted by Gasteiger charge is 2.14. The van der Waals surface area contributed by atoms with E-state index in [0.717, 1.165) is 22.6 Å². The van der Waals surface area contributed by atoms with E-state index in [2.05, 4.69) is 5.32 Å². The van der Waals surface area contributed by atoms with Crippen molar-refractivity contribution < 1.29 is 19.0 Å². The van der Waals surface area contributed by atoms with Crippen LogP contribution in [0.4, 0.5) is 0 Å². The Morgan fingerprint density at radius 1 is 1.08 bits per heavy atom. The number of nitrogens with one attached hydrogen (secondary N) is 1. The number of hydrogen-bond donors (Lipinski definition) is 1. The summed E-state index contributed by atoms with van der Waals surface area (Å²) in [6, 6.07) is 13.2. The summed E-state index contributed by atoms with van der Waals surface area (Å²) in [5.41, 5.74) is 2.22. The van der Waals surface area contributed by atoms with Gasteiger partial charge in [-0.3, -0.25) is 4.79 Å². The lowest BCUT2D eigenvalue weighted by Crippen LogP contribution is -2.38. The van der Waals surface area contributed by atoms with Gasteiger partial charge in [-0.2, -0.15) is 0 Å². The Bertz CT molecular complexity index is 697. The van der Waals surface area contributed by atoms with Crippen molar-refractivity contribution in [2.45, 2.75) is 26.9 Å². The molecule has 2 aromatic rings. The molecule has 0 aliphatic rings. The molecule has 1 N–H and O–H groups in total. The summed E-state index contributed by atoms with van der Waals surface area (Å²) >= 11 is 0. The van der Waals surface area contributed by atoms with Gasteiger partial charge in [-0.15, -0.1) is 0 Å². The predicted octanol–water partition coefficient (Wildman–Crippen LogP) is 3.27. The van der Waals surface area contributed by atoms with Crippen LogP contribution in [0.3, 0.4) is 0 Å². The van der Waals surface area contributed by atoms with Gasteiger partial charge in [0.2, 0.25) is 0 Å². The number of ether oxygens (including phenoxy) is 3. The molecule has 2 rings (SSSR count). The second-order valence-electron chi connectivity index (χ2n) is 5.84. The molecule has 0 heterocycles. The van der Waals surface area contributed by atoms with E-state index in [1.165, 1.54) is 0 Å². The normalized spacial score (nSPS) is 11.5. The van der Waals surface area contributed by atoms with Gasteiger partial charge in [0.05, 0.1) is 13.7 Å². The van der Waals surface area contributed by atoms with E-state index in [-0.39, 0.29) is 5.91 Å². The van der Waals surface area contributed by atoms with Crippen molar-refractivity contribution in [1.82, 2.24) is 5.32 Å². The molecule has 0 fully saturated rings. The number of amides is 1. The number of carbonyl (C=O) groups excluding carboxylic acids is 1. The van der Waals surface area contributed by atoms with Crippen LogP contribution in [-0.4, -0.2) is 32.3 Å². The van der Waals surface area contributed by atoms with Gasteiger partial charge in [0, 0.05) is 0 Å². The predicted molar refractivity (Wildman–Crippen MR) is 97.5 cm³/mol. The van der Waals surface area contributed by atoms with Gasteiger partial charge in [-0.1, -0.05) is 12.1 Å². The van der Waals surface area contributed by atoms with E-state index < -0.39 is 6.10 Å². The second-order valence-corrected chi connectivity index (χ2v) is 5.84. The van der Waals surface area contributed by atoms with E-state index >= 15 is 0 Å². The topological polar surface area (TPSA) is 56.8 Å². The Balaban J connectivity index is 1.74. The van der Waals surface area contributed by atoms with Crippen molar-refractivity contribution >= 4 is 5.91 Å². The average molecular weight is 343 g/mol. The fraction of sp³-hybridized carbons (Fsp3) is 0.350. The van der Waals surface area contributed by atoms with Crippen LogP contribution in [0.5, 0.6) is 17.2 Å². The maximum atomic E-state index is 12.1. The van der Waals surface area contributed by atoms with Gasteiger partial charge in [-0.05, 0) is 62.2 Å². The van der Waals surface area contributed by atoms with Gasteiger partial charge in [0.1, 0.15) is 23.9 Å². The first-order chi connectivity index (χ1) is 12.0. The molecule has 5 nitrogen and oxygen atoms in total. The molecule has 0 spiro atoms. The van der Waals surface area contributed by atoms with Crippen molar-refractivity contribution in [1.29, 1.82) is 0 Å². The molecule has 25 heavy (non-hydrogen) atoms. The lowest BCUT2D eigenvalue weighted by atomic mass is 10.1. The molecular weight excluding hydrogens is 318 g/mol. The van der Waals surface area contributed by atoms with Crippen LogP contribution < -0.4 is 19.5 Å².